The van der Waals surface area contributed by atoms with Gasteiger partial charge in [-0.3, -0.25) is 0 Å². The molecule has 0 bridgehead atoms. The molecule has 0 aliphatic carbocycles. The number of anilines is 1. The van der Waals surface area contributed by atoms with Gasteiger partial charge in [0.05, 0.1) is 5.69 Å². The van der Waals surface area contributed by atoms with Crippen LogP contribution in [0.5, 0.6) is 0 Å². The van der Waals surface area contributed by atoms with Crippen LogP contribution in [0.15, 0.2) is 26.9 Å². The van der Waals surface area contributed by atoms with Crippen LogP contribution in [0.3, 0.4) is 0 Å². The van der Waals surface area contributed by atoms with Crippen molar-refractivity contribution in [2.24, 2.45) is 0 Å². The largest absolute Gasteiger partial charge is 0.397 e. The highest BCUT2D eigenvalue weighted by Crippen LogP contribution is 2.36. The first-order chi connectivity index (χ1) is 5.70. The van der Waals surface area contributed by atoms with Gasteiger partial charge in [0.25, 0.3) is 0 Å². The number of hydrogen-bond donors (Lipinski definition) is 2. The summed E-state index contributed by atoms with van der Waals surface area (Å²) in [5.41, 5.74) is 6.51. The summed E-state index contributed by atoms with van der Waals surface area (Å²) in [6.45, 7) is 0. The molecule has 0 aliphatic heterocycles. The van der Waals surface area contributed by atoms with Crippen LogP contribution >= 0.6 is 39.9 Å². The molecule has 1 aromatic carbocycles. The Morgan fingerprint density at radius 1 is 1.50 bits per heavy atom. The predicted octanol–water partition coefficient (Wildman–Crippen LogP) is 3.53. The fourth-order valence-electron chi connectivity index (χ4n) is 1.07. The van der Waals surface area contributed by atoms with E-state index in [9.17, 15) is 0 Å². The Morgan fingerprint density at radius 3 is 3.00 bits per heavy atom. The number of hydrogen-bond acceptors (Lipinski definition) is 3. The minimum Gasteiger partial charge on any atom is -0.397 e. The molecule has 0 unspecified atom stereocenters. The smallest absolute Gasteiger partial charge is 0.0608 e. The molecule has 2 N–H and O–H groups in total. The van der Waals surface area contributed by atoms with E-state index in [-0.39, 0.29) is 0 Å². The molecule has 0 atom stereocenters. The van der Waals surface area contributed by atoms with E-state index in [1.807, 2.05) is 11.4 Å². The predicted molar refractivity (Wildman–Crippen MR) is 61.2 cm³/mol. The number of benzene rings is 1. The molecule has 1 aromatic heterocycles. The number of fused-ring (bicyclic) bond motifs is 1. The second kappa shape index (κ2) is 2.94. The minimum absolute atomic E-state index is 0.716. The number of nitrogen functional groups attached to an aromatic ring is 1. The van der Waals surface area contributed by atoms with Crippen LogP contribution < -0.4 is 5.73 Å². The minimum atomic E-state index is 0.716. The van der Waals surface area contributed by atoms with Gasteiger partial charge >= 0.3 is 0 Å². The van der Waals surface area contributed by atoms with Crippen LogP contribution in [0, 0.1) is 0 Å². The second-order valence-corrected chi connectivity index (χ2v) is 4.68. The Morgan fingerprint density at radius 2 is 2.25 bits per heavy atom. The zero-order valence-corrected chi connectivity index (χ0v) is 9.34. The molecule has 0 radical (unpaired) electrons. The molecule has 0 saturated heterocycles. The molecular weight excluding hydrogens is 254 g/mol. The second-order valence-electron chi connectivity index (χ2n) is 2.46. The molecule has 0 aliphatic rings. The van der Waals surface area contributed by atoms with Crippen molar-refractivity contribution in [3.05, 3.63) is 22.0 Å². The Balaban J connectivity index is 2.94. The highest BCUT2D eigenvalue weighted by molar-refractivity contribution is 9.10. The van der Waals surface area contributed by atoms with Crippen molar-refractivity contribution < 1.29 is 0 Å². The third kappa shape index (κ3) is 1.14. The van der Waals surface area contributed by atoms with Crippen LogP contribution in [0.25, 0.3) is 10.1 Å². The van der Waals surface area contributed by atoms with Gasteiger partial charge in [0, 0.05) is 14.1 Å². The van der Waals surface area contributed by atoms with Gasteiger partial charge in [0.1, 0.15) is 0 Å². The van der Waals surface area contributed by atoms with E-state index in [1.165, 1.54) is 5.39 Å². The molecule has 62 valence electrons. The van der Waals surface area contributed by atoms with Crippen LogP contribution in [0.2, 0.25) is 0 Å². The van der Waals surface area contributed by atoms with Gasteiger partial charge < -0.3 is 5.73 Å². The maximum Gasteiger partial charge on any atom is 0.0608 e. The van der Waals surface area contributed by atoms with Crippen molar-refractivity contribution in [3.8, 4) is 0 Å². The first kappa shape index (κ1) is 8.41. The van der Waals surface area contributed by atoms with Crippen molar-refractivity contribution in [2.75, 3.05) is 5.73 Å². The summed E-state index contributed by atoms with van der Waals surface area (Å²) < 4.78 is 2.07. The summed E-state index contributed by atoms with van der Waals surface area (Å²) in [6.07, 6.45) is 0. The SMILES string of the molecule is Nc1c(Br)cc2ccsc2c1S. The monoisotopic (exact) mass is 259 g/mol. The quantitative estimate of drug-likeness (QED) is 0.550. The van der Waals surface area contributed by atoms with Crippen molar-refractivity contribution in [1.29, 1.82) is 0 Å². The zero-order chi connectivity index (χ0) is 8.72. The zero-order valence-electron chi connectivity index (χ0n) is 6.04. The summed E-state index contributed by atoms with van der Waals surface area (Å²) >= 11 is 9.40. The van der Waals surface area contributed by atoms with E-state index in [1.54, 1.807) is 11.3 Å². The standard InChI is InChI=1S/C8H6BrNS2/c9-5-3-4-1-2-12-8(4)7(11)6(5)10/h1-3,11H,10H2. The van der Waals surface area contributed by atoms with E-state index in [0.29, 0.717) is 5.69 Å². The molecule has 0 amide bonds. The third-order valence-electron chi connectivity index (χ3n) is 1.71. The number of rotatable bonds is 0. The van der Waals surface area contributed by atoms with Crippen molar-refractivity contribution in [3.63, 3.8) is 0 Å². The number of thiophene rings is 1. The molecule has 2 aromatic rings. The van der Waals surface area contributed by atoms with E-state index < -0.39 is 0 Å². The van der Waals surface area contributed by atoms with Crippen LogP contribution in [0.1, 0.15) is 0 Å². The highest BCUT2D eigenvalue weighted by Gasteiger charge is 2.06. The molecule has 0 saturated carbocycles. The molecule has 1 nitrogen and oxygen atoms in total. The van der Waals surface area contributed by atoms with E-state index in [4.69, 9.17) is 5.73 Å². The van der Waals surface area contributed by atoms with Gasteiger partial charge in [0.2, 0.25) is 0 Å². The van der Waals surface area contributed by atoms with Crippen molar-refractivity contribution >= 4 is 55.7 Å². The van der Waals surface area contributed by atoms with Crippen molar-refractivity contribution in [1.82, 2.24) is 0 Å². The Hall–Kier alpha value is -0.190. The summed E-state index contributed by atoms with van der Waals surface area (Å²) in [6, 6.07) is 4.07. The lowest BCUT2D eigenvalue weighted by Gasteiger charge is -2.02. The average Bonchev–Trinajstić information content (AvgIpc) is 2.48. The molecule has 12 heavy (non-hydrogen) atoms. The molecule has 4 heteroatoms. The molecule has 0 fully saturated rings. The van der Waals surface area contributed by atoms with Gasteiger partial charge in [-0.15, -0.1) is 24.0 Å². The lowest BCUT2D eigenvalue weighted by molar-refractivity contribution is 1.55. The average molecular weight is 260 g/mol. The van der Waals surface area contributed by atoms with Crippen LogP contribution in [-0.4, -0.2) is 0 Å². The van der Waals surface area contributed by atoms with Crippen molar-refractivity contribution in [2.45, 2.75) is 4.90 Å². The summed E-state index contributed by atoms with van der Waals surface area (Å²) in [4.78, 5) is 0.870. The first-order valence-electron chi connectivity index (χ1n) is 3.34. The number of halogens is 1. The highest BCUT2D eigenvalue weighted by atomic mass is 79.9. The maximum atomic E-state index is 5.79. The third-order valence-corrected chi connectivity index (χ3v) is 3.92. The Kier molecular flexibility index (Phi) is 2.06. The lowest BCUT2D eigenvalue weighted by Crippen LogP contribution is -1.87. The summed E-state index contributed by atoms with van der Waals surface area (Å²) in [7, 11) is 0. The van der Waals surface area contributed by atoms with Gasteiger partial charge in [-0.2, -0.15) is 0 Å². The Labute approximate surface area is 88.1 Å². The van der Waals surface area contributed by atoms with E-state index in [2.05, 4.69) is 34.6 Å². The van der Waals surface area contributed by atoms with Gasteiger partial charge in [-0.25, -0.2) is 0 Å². The topological polar surface area (TPSA) is 26.0 Å². The lowest BCUT2D eigenvalue weighted by atomic mass is 10.2. The van der Waals surface area contributed by atoms with E-state index in [0.717, 1.165) is 14.1 Å². The van der Waals surface area contributed by atoms with Gasteiger partial charge in [-0.05, 0) is 38.8 Å². The Bertz CT molecular complexity index is 436. The maximum absolute atomic E-state index is 5.79. The van der Waals surface area contributed by atoms with E-state index >= 15 is 0 Å². The van der Waals surface area contributed by atoms with Crippen LogP contribution in [0.4, 0.5) is 5.69 Å². The van der Waals surface area contributed by atoms with Gasteiger partial charge in [0.15, 0.2) is 0 Å². The fourth-order valence-corrected chi connectivity index (χ4v) is 2.92. The number of thiol groups is 1. The first-order valence-corrected chi connectivity index (χ1v) is 5.46. The fraction of sp³-hybridized carbons (Fsp3) is 0. The molecule has 0 spiro atoms. The van der Waals surface area contributed by atoms with Crippen LogP contribution in [-0.2, 0) is 0 Å². The molecule has 1 heterocycles. The molecule has 2 rings (SSSR count). The number of nitrogens with two attached hydrogens (primary N) is 1. The normalized spacial score (nSPS) is 10.8. The molecular formula is C8H6BrNS2. The summed E-state index contributed by atoms with van der Waals surface area (Å²) in [5, 5.41) is 3.22. The summed E-state index contributed by atoms with van der Waals surface area (Å²) in [5.74, 6) is 0. The van der Waals surface area contributed by atoms with Gasteiger partial charge in [-0.1, -0.05) is 0 Å².